The second-order valence-corrected chi connectivity index (χ2v) is 4.65. The normalized spacial score (nSPS) is 22.5. The van der Waals surface area contributed by atoms with Crippen LogP contribution in [-0.4, -0.2) is 31.1 Å². The highest BCUT2D eigenvalue weighted by molar-refractivity contribution is 5.81. The van der Waals surface area contributed by atoms with Crippen molar-refractivity contribution in [1.82, 2.24) is 4.90 Å². The van der Waals surface area contributed by atoms with Crippen LogP contribution < -0.4 is 0 Å². The molecule has 1 amide bonds. The highest BCUT2D eigenvalue weighted by Gasteiger charge is 2.41. The van der Waals surface area contributed by atoms with Gasteiger partial charge >= 0.3 is 0 Å². The summed E-state index contributed by atoms with van der Waals surface area (Å²) in [5.41, 5.74) is 0. The molecule has 1 aliphatic rings. The van der Waals surface area contributed by atoms with Crippen molar-refractivity contribution < 1.29 is 13.9 Å². The first-order valence-electron chi connectivity index (χ1n) is 6.02. The molecule has 1 aliphatic carbocycles. The van der Waals surface area contributed by atoms with Crippen molar-refractivity contribution >= 4 is 5.91 Å². The van der Waals surface area contributed by atoms with Gasteiger partial charge < -0.3 is 14.1 Å². The van der Waals surface area contributed by atoms with E-state index >= 15 is 0 Å². The van der Waals surface area contributed by atoms with E-state index in [0.717, 1.165) is 12.2 Å². The summed E-state index contributed by atoms with van der Waals surface area (Å²) in [5, 5.41) is 0. The number of nitrogens with zero attached hydrogens (tertiary/aromatic N) is 1. The van der Waals surface area contributed by atoms with E-state index in [1.165, 1.54) is 0 Å². The van der Waals surface area contributed by atoms with Crippen LogP contribution in [0.3, 0.4) is 0 Å². The topological polar surface area (TPSA) is 42.7 Å². The number of carbonyl (C=O) groups excluding carboxylic acids is 1. The average Bonchev–Trinajstić information content (AvgIpc) is 2.84. The van der Waals surface area contributed by atoms with Gasteiger partial charge in [0.25, 0.3) is 0 Å². The van der Waals surface area contributed by atoms with Crippen molar-refractivity contribution in [2.24, 2.45) is 11.8 Å². The maximum Gasteiger partial charge on any atom is 0.226 e. The minimum atomic E-state index is 0.210. The Morgan fingerprint density at radius 3 is 2.94 bits per heavy atom. The summed E-state index contributed by atoms with van der Waals surface area (Å²) in [5.74, 6) is 1.79. The fourth-order valence-electron chi connectivity index (χ4n) is 1.96. The van der Waals surface area contributed by atoms with Gasteiger partial charge in [0.15, 0.2) is 0 Å². The van der Waals surface area contributed by atoms with Crippen molar-refractivity contribution in [1.29, 1.82) is 0 Å². The standard InChI is InChI=1S/C13H19NO3/c1-10-8-12(10)13(15)14(5-7-16-2)9-11-4-3-6-17-11/h3-4,6,10,12H,5,7-9H2,1-2H3/t10-,12+/m0/s1. The molecular formula is C13H19NO3. The minimum absolute atomic E-state index is 0.210. The molecule has 4 nitrogen and oxygen atoms in total. The fourth-order valence-corrected chi connectivity index (χ4v) is 1.96. The Kier molecular flexibility index (Phi) is 3.84. The SMILES string of the molecule is COCCN(Cc1ccco1)C(=O)[C@@H]1C[C@@H]1C. The lowest BCUT2D eigenvalue weighted by atomic mass is 10.2. The van der Waals surface area contributed by atoms with Crippen LogP contribution >= 0.6 is 0 Å². The number of amides is 1. The van der Waals surface area contributed by atoms with Gasteiger partial charge in [0, 0.05) is 19.6 Å². The molecule has 0 aliphatic heterocycles. The van der Waals surface area contributed by atoms with Crippen LogP contribution in [0.5, 0.6) is 0 Å². The number of hydrogen-bond acceptors (Lipinski definition) is 3. The number of methoxy groups -OCH3 is 1. The van der Waals surface area contributed by atoms with Crippen LogP contribution in [0, 0.1) is 11.8 Å². The summed E-state index contributed by atoms with van der Waals surface area (Å²) in [6.45, 7) is 3.84. The second-order valence-electron chi connectivity index (χ2n) is 4.65. The molecule has 1 heterocycles. The third kappa shape index (κ3) is 3.09. The number of hydrogen-bond donors (Lipinski definition) is 0. The average molecular weight is 237 g/mol. The van der Waals surface area contributed by atoms with E-state index in [1.54, 1.807) is 13.4 Å². The first kappa shape index (κ1) is 12.2. The number of ether oxygens (including phenoxy) is 1. The van der Waals surface area contributed by atoms with Gasteiger partial charge in [-0.2, -0.15) is 0 Å². The van der Waals surface area contributed by atoms with Crippen LogP contribution in [0.15, 0.2) is 22.8 Å². The molecule has 0 bridgehead atoms. The molecule has 94 valence electrons. The molecule has 0 saturated heterocycles. The highest BCUT2D eigenvalue weighted by Crippen LogP contribution is 2.39. The summed E-state index contributed by atoms with van der Waals surface area (Å²) < 4.78 is 10.3. The molecule has 0 spiro atoms. The van der Waals surface area contributed by atoms with Crippen molar-refractivity contribution in [3.63, 3.8) is 0 Å². The molecule has 1 aromatic heterocycles. The second kappa shape index (κ2) is 5.36. The van der Waals surface area contributed by atoms with Crippen molar-refractivity contribution in [2.75, 3.05) is 20.3 Å². The van der Waals surface area contributed by atoms with E-state index in [1.807, 2.05) is 17.0 Å². The van der Waals surface area contributed by atoms with Gasteiger partial charge in [-0.15, -0.1) is 0 Å². The first-order valence-corrected chi connectivity index (χ1v) is 6.02. The van der Waals surface area contributed by atoms with E-state index in [2.05, 4.69) is 6.92 Å². The van der Waals surface area contributed by atoms with Gasteiger partial charge in [-0.1, -0.05) is 6.92 Å². The summed E-state index contributed by atoms with van der Waals surface area (Å²) in [6, 6.07) is 3.73. The van der Waals surface area contributed by atoms with E-state index in [4.69, 9.17) is 9.15 Å². The largest absolute Gasteiger partial charge is 0.467 e. The van der Waals surface area contributed by atoms with Gasteiger partial charge in [0.05, 0.1) is 19.4 Å². The smallest absolute Gasteiger partial charge is 0.226 e. The predicted molar refractivity (Wildman–Crippen MR) is 63.3 cm³/mol. The van der Waals surface area contributed by atoms with Crippen LogP contribution in [0.1, 0.15) is 19.1 Å². The molecule has 1 saturated carbocycles. The molecule has 2 atom stereocenters. The summed E-state index contributed by atoms with van der Waals surface area (Å²) >= 11 is 0. The van der Waals surface area contributed by atoms with Crippen molar-refractivity contribution in [3.05, 3.63) is 24.2 Å². The Labute approximate surface area is 102 Å². The van der Waals surface area contributed by atoms with E-state index < -0.39 is 0 Å². The zero-order valence-corrected chi connectivity index (χ0v) is 10.4. The maximum atomic E-state index is 12.2. The number of rotatable bonds is 6. The monoisotopic (exact) mass is 237 g/mol. The van der Waals surface area contributed by atoms with Crippen LogP contribution in [0.2, 0.25) is 0 Å². The zero-order chi connectivity index (χ0) is 12.3. The maximum absolute atomic E-state index is 12.2. The number of furan rings is 1. The third-order valence-corrected chi connectivity index (χ3v) is 3.23. The molecule has 4 heteroatoms. The lowest BCUT2D eigenvalue weighted by Crippen LogP contribution is -2.34. The van der Waals surface area contributed by atoms with Gasteiger partial charge in [-0.05, 0) is 24.5 Å². The Hall–Kier alpha value is -1.29. The number of carbonyl (C=O) groups is 1. The van der Waals surface area contributed by atoms with Gasteiger partial charge in [0.1, 0.15) is 5.76 Å². The summed E-state index contributed by atoms with van der Waals surface area (Å²) in [4.78, 5) is 14.0. The Morgan fingerprint density at radius 2 is 2.41 bits per heavy atom. The Balaban J connectivity index is 1.95. The van der Waals surface area contributed by atoms with Gasteiger partial charge in [0.2, 0.25) is 5.91 Å². The van der Waals surface area contributed by atoms with Gasteiger partial charge in [-0.25, -0.2) is 0 Å². The van der Waals surface area contributed by atoms with Crippen LogP contribution in [-0.2, 0) is 16.1 Å². The highest BCUT2D eigenvalue weighted by atomic mass is 16.5. The lowest BCUT2D eigenvalue weighted by molar-refractivity contribution is -0.134. The predicted octanol–water partition coefficient (Wildman–Crippen LogP) is 1.91. The Bertz CT molecular complexity index is 361. The summed E-state index contributed by atoms with van der Waals surface area (Å²) in [7, 11) is 1.65. The Morgan fingerprint density at radius 1 is 1.65 bits per heavy atom. The van der Waals surface area contributed by atoms with E-state index in [0.29, 0.717) is 25.6 Å². The van der Waals surface area contributed by atoms with Crippen LogP contribution in [0.4, 0.5) is 0 Å². The van der Waals surface area contributed by atoms with Gasteiger partial charge in [-0.3, -0.25) is 4.79 Å². The molecule has 0 aromatic carbocycles. The molecule has 2 rings (SSSR count). The molecule has 0 radical (unpaired) electrons. The third-order valence-electron chi connectivity index (χ3n) is 3.23. The lowest BCUT2D eigenvalue weighted by Gasteiger charge is -2.21. The quantitative estimate of drug-likeness (QED) is 0.759. The minimum Gasteiger partial charge on any atom is -0.467 e. The van der Waals surface area contributed by atoms with Crippen molar-refractivity contribution in [2.45, 2.75) is 19.9 Å². The molecule has 1 fully saturated rings. The van der Waals surface area contributed by atoms with E-state index in [-0.39, 0.29) is 11.8 Å². The summed E-state index contributed by atoms with van der Waals surface area (Å²) in [6.07, 6.45) is 2.65. The molecule has 17 heavy (non-hydrogen) atoms. The molecule has 0 unspecified atom stereocenters. The fraction of sp³-hybridized carbons (Fsp3) is 0.615. The molecule has 1 aromatic rings. The van der Waals surface area contributed by atoms with Crippen LogP contribution in [0.25, 0.3) is 0 Å². The zero-order valence-electron chi connectivity index (χ0n) is 10.4. The molecule has 0 N–H and O–H groups in total. The first-order chi connectivity index (χ1) is 8.22. The van der Waals surface area contributed by atoms with E-state index in [9.17, 15) is 4.79 Å². The molecular weight excluding hydrogens is 218 g/mol. The van der Waals surface area contributed by atoms with Crippen molar-refractivity contribution in [3.8, 4) is 0 Å².